The molecule has 0 radical (unpaired) electrons. The van der Waals surface area contributed by atoms with Crippen molar-refractivity contribution in [3.8, 4) is 0 Å². The molecule has 0 aliphatic carbocycles. The summed E-state index contributed by atoms with van der Waals surface area (Å²) in [4.78, 5) is 24.5. The lowest BCUT2D eigenvalue weighted by Crippen LogP contribution is -2.30. The minimum absolute atomic E-state index is 0.257. The van der Waals surface area contributed by atoms with Crippen LogP contribution in [0.3, 0.4) is 0 Å². The van der Waals surface area contributed by atoms with Gasteiger partial charge in [-0.1, -0.05) is 11.6 Å². The number of likely N-dealkylation sites (N-methyl/N-ethyl adjacent to an activating group) is 1. The third kappa shape index (κ3) is 3.63. The highest BCUT2D eigenvalue weighted by Crippen LogP contribution is 2.19. The molecule has 1 aromatic rings. The number of esters is 1. The first-order chi connectivity index (χ1) is 8.45. The average molecular weight is 271 g/mol. The predicted molar refractivity (Wildman–Crippen MR) is 69.5 cm³/mol. The molecule has 98 valence electrons. The molecule has 0 spiro atoms. The maximum atomic E-state index is 11.6. The second-order valence-electron chi connectivity index (χ2n) is 3.72. The molecule has 0 aliphatic heterocycles. The van der Waals surface area contributed by atoms with Gasteiger partial charge >= 0.3 is 5.97 Å². The van der Waals surface area contributed by atoms with Gasteiger partial charge in [0.1, 0.15) is 0 Å². The summed E-state index contributed by atoms with van der Waals surface area (Å²) in [5, 5.41) is 0.369. The maximum Gasteiger partial charge on any atom is 0.338 e. The molecular weight excluding hydrogens is 256 g/mol. The van der Waals surface area contributed by atoms with E-state index in [0.29, 0.717) is 17.3 Å². The van der Waals surface area contributed by atoms with Crippen molar-refractivity contribution in [2.24, 2.45) is 0 Å². The lowest BCUT2D eigenvalue weighted by molar-refractivity contribution is -0.133. The largest absolute Gasteiger partial charge is 0.452 e. The van der Waals surface area contributed by atoms with Gasteiger partial charge < -0.3 is 15.4 Å². The number of rotatable bonds is 4. The van der Waals surface area contributed by atoms with Gasteiger partial charge in [0.25, 0.3) is 5.91 Å². The van der Waals surface area contributed by atoms with E-state index in [2.05, 4.69) is 0 Å². The minimum atomic E-state index is -0.601. The summed E-state index contributed by atoms with van der Waals surface area (Å²) in [5.41, 5.74) is 6.13. The molecule has 0 saturated carbocycles. The molecule has 0 bridgehead atoms. The third-order valence-electron chi connectivity index (χ3n) is 2.46. The number of nitrogens with two attached hydrogens (primary N) is 1. The van der Waals surface area contributed by atoms with Crippen LogP contribution in [0.4, 0.5) is 5.69 Å². The average Bonchev–Trinajstić information content (AvgIpc) is 2.37. The van der Waals surface area contributed by atoms with Gasteiger partial charge in [0.05, 0.1) is 16.3 Å². The minimum Gasteiger partial charge on any atom is -0.452 e. The van der Waals surface area contributed by atoms with Crippen molar-refractivity contribution in [2.75, 3.05) is 25.9 Å². The summed E-state index contributed by atoms with van der Waals surface area (Å²) < 4.78 is 4.88. The standard InChI is InChI=1S/C12H15ClN2O3/c1-3-15(2)11(16)7-18-12(17)8-4-5-9(13)10(14)6-8/h4-6H,3,7,14H2,1-2H3. The first kappa shape index (κ1) is 14.3. The number of nitrogen functional groups attached to an aromatic ring is 1. The second kappa shape index (κ2) is 6.26. The molecule has 2 N–H and O–H groups in total. The lowest BCUT2D eigenvalue weighted by atomic mass is 10.2. The summed E-state index contributed by atoms with van der Waals surface area (Å²) in [6, 6.07) is 4.42. The van der Waals surface area contributed by atoms with Gasteiger partial charge in [-0.05, 0) is 25.1 Å². The highest BCUT2D eigenvalue weighted by molar-refractivity contribution is 6.33. The summed E-state index contributed by atoms with van der Waals surface area (Å²) in [6.07, 6.45) is 0. The quantitative estimate of drug-likeness (QED) is 0.666. The summed E-state index contributed by atoms with van der Waals surface area (Å²) in [5.74, 6) is -0.857. The van der Waals surface area contributed by atoms with Crippen molar-refractivity contribution < 1.29 is 14.3 Å². The number of anilines is 1. The van der Waals surface area contributed by atoms with Crippen molar-refractivity contribution >= 4 is 29.2 Å². The Kier molecular flexibility index (Phi) is 4.97. The van der Waals surface area contributed by atoms with Crippen molar-refractivity contribution in [1.82, 2.24) is 4.90 Å². The number of amides is 1. The van der Waals surface area contributed by atoms with Crippen LogP contribution in [0.1, 0.15) is 17.3 Å². The van der Waals surface area contributed by atoms with E-state index in [-0.39, 0.29) is 18.1 Å². The van der Waals surface area contributed by atoms with Gasteiger partial charge in [0, 0.05) is 13.6 Å². The molecule has 0 heterocycles. The van der Waals surface area contributed by atoms with E-state index in [1.165, 1.54) is 23.1 Å². The fraction of sp³-hybridized carbons (Fsp3) is 0.333. The van der Waals surface area contributed by atoms with Crippen molar-refractivity contribution in [3.05, 3.63) is 28.8 Å². The molecule has 0 atom stereocenters. The van der Waals surface area contributed by atoms with E-state index < -0.39 is 5.97 Å². The van der Waals surface area contributed by atoms with E-state index in [1.54, 1.807) is 7.05 Å². The number of ether oxygens (including phenoxy) is 1. The van der Waals surface area contributed by atoms with Crippen LogP contribution in [0, 0.1) is 0 Å². The molecule has 1 amide bonds. The Morgan fingerprint density at radius 2 is 2.11 bits per heavy atom. The highest BCUT2D eigenvalue weighted by Gasteiger charge is 2.13. The van der Waals surface area contributed by atoms with Crippen molar-refractivity contribution in [3.63, 3.8) is 0 Å². The monoisotopic (exact) mass is 270 g/mol. The molecule has 18 heavy (non-hydrogen) atoms. The van der Waals surface area contributed by atoms with Crippen LogP contribution in [0.25, 0.3) is 0 Å². The molecule has 1 aromatic carbocycles. The Balaban J connectivity index is 2.60. The van der Waals surface area contributed by atoms with E-state index in [0.717, 1.165) is 0 Å². The molecule has 1 rings (SSSR count). The number of carbonyl (C=O) groups is 2. The lowest BCUT2D eigenvalue weighted by Gasteiger charge is -2.14. The Morgan fingerprint density at radius 1 is 1.44 bits per heavy atom. The maximum absolute atomic E-state index is 11.6. The Hall–Kier alpha value is -1.75. The fourth-order valence-corrected chi connectivity index (χ4v) is 1.29. The van der Waals surface area contributed by atoms with Crippen LogP contribution < -0.4 is 5.73 Å². The van der Waals surface area contributed by atoms with Gasteiger partial charge in [-0.15, -0.1) is 0 Å². The van der Waals surface area contributed by atoms with Crippen LogP contribution in [-0.4, -0.2) is 37.0 Å². The second-order valence-corrected chi connectivity index (χ2v) is 4.13. The summed E-state index contributed by atoms with van der Waals surface area (Å²) >= 11 is 5.74. The predicted octanol–water partition coefficient (Wildman–Crippen LogP) is 1.56. The number of nitrogens with zero attached hydrogens (tertiary/aromatic N) is 1. The fourth-order valence-electron chi connectivity index (χ4n) is 1.17. The van der Waals surface area contributed by atoms with Gasteiger partial charge in [-0.2, -0.15) is 0 Å². The van der Waals surface area contributed by atoms with Crippen LogP contribution in [0.2, 0.25) is 5.02 Å². The topological polar surface area (TPSA) is 72.6 Å². The Labute approximate surface area is 110 Å². The zero-order valence-electron chi connectivity index (χ0n) is 10.3. The molecule has 0 saturated heterocycles. The van der Waals surface area contributed by atoms with Crippen LogP contribution in [-0.2, 0) is 9.53 Å². The van der Waals surface area contributed by atoms with Crippen molar-refractivity contribution in [2.45, 2.75) is 6.92 Å². The summed E-state index contributed by atoms with van der Waals surface area (Å²) in [7, 11) is 1.64. The van der Waals surface area contributed by atoms with Crippen LogP contribution in [0.15, 0.2) is 18.2 Å². The molecule has 0 aromatic heterocycles. The first-order valence-electron chi connectivity index (χ1n) is 5.41. The van der Waals surface area contributed by atoms with Gasteiger partial charge in [-0.3, -0.25) is 4.79 Å². The first-order valence-corrected chi connectivity index (χ1v) is 5.79. The highest BCUT2D eigenvalue weighted by atomic mass is 35.5. The number of benzene rings is 1. The van der Waals surface area contributed by atoms with Crippen LogP contribution >= 0.6 is 11.6 Å². The zero-order valence-corrected chi connectivity index (χ0v) is 11.0. The SMILES string of the molecule is CCN(C)C(=O)COC(=O)c1ccc(Cl)c(N)c1. The Bertz CT molecular complexity index is 463. The molecular formula is C12H15ClN2O3. The number of halogens is 1. The van der Waals surface area contributed by atoms with Crippen LogP contribution in [0.5, 0.6) is 0 Å². The molecule has 6 heteroatoms. The van der Waals surface area contributed by atoms with E-state index >= 15 is 0 Å². The molecule has 0 fully saturated rings. The number of carbonyl (C=O) groups excluding carboxylic acids is 2. The molecule has 0 aliphatic rings. The van der Waals surface area contributed by atoms with Crippen molar-refractivity contribution in [1.29, 1.82) is 0 Å². The zero-order chi connectivity index (χ0) is 13.7. The smallest absolute Gasteiger partial charge is 0.338 e. The molecule has 0 unspecified atom stereocenters. The number of hydrogen-bond donors (Lipinski definition) is 1. The normalized spacial score (nSPS) is 9.94. The van der Waals surface area contributed by atoms with E-state index in [9.17, 15) is 9.59 Å². The van der Waals surface area contributed by atoms with Gasteiger partial charge in [0.15, 0.2) is 6.61 Å². The summed E-state index contributed by atoms with van der Waals surface area (Å²) in [6.45, 7) is 2.11. The Morgan fingerprint density at radius 3 is 2.67 bits per heavy atom. The van der Waals surface area contributed by atoms with E-state index in [4.69, 9.17) is 22.1 Å². The third-order valence-corrected chi connectivity index (χ3v) is 2.80. The van der Waals surface area contributed by atoms with Gasteiger partial charge in [-0.25, -0.2) is 4.79 Å². The van der Waals surface area contributed by atoms with Gasteiger partial charge in [0.2, 0.25) is 0 Å². The van der Waals surface area contributed by atoms with E-state index in [1.807, 2.05) is 6.92 Å². The molecule has 5 nitrogen and oxygen atoms in total. The number of hydrogen-bond acceptors (Lipinski definition) is 4.